The summed E-state index contributed by atoms with van der Waals surface area (Å²) in [5.41, 5.74) is 2.22. The summed E-state index contributed by atoms with van der Waals surface area (Å²) in [6.07, 6.45) is 0. The van der Waals surface area contributed by atoms with Gasteiger partial charge in [0.25, 0.3) is 0 Å². The highest BCUT2D eigenvalue weighted by molar-refractivity contribution is 9.08. The molecule has 0 saturated carbocycles. The van der Waals surface area contributed by atoms with Crippen LogP contribution in [0, 0.1) is 0 Å². The van der Waals surface area contributed by atoms with Gasteiger partial charge in [0.2, 0.25) is 0 Å². The lowest BCUT2D eigenvalue weighted by molar-refractivity contribution is 0.183. The van der Waals surface area contributed by atoms with Gasteiger partial charge >= 0.3 is 0 Å². The molecule has 1 rings (SSSR count). The molecule has 0 bridgehead atoms. The quantitative estimate of drug-likeness (QED) is 0.769. The van der Waals surface area contributed by atoms with Gasteiger partial charge in [-0.25, -0.2) is 0 Å². The zero-order valence-corrected chi connectivity index (χ0v) is 12.2. The van der Waals surface area contributed by atoms with Crippen LogP contribution in [0.5, 0.6) is 0 Å². The summed E-state index contributed by atoms with van der Waals surface area (Å²) in [5.74, 6) is 0. The summed E-state index contributed by atoms with van der Waals surface area (Å²) >= 11 is 9.66. The van der Waals surface area contributed by atoms with Crippen molar-refractivity contribution in [2.45, 2.75) is 18.3 Å². The van der Waals surface area contributed by atoms with E-state index in [9.17, 15) is 0 Å². The fourth-order valence-electron chi connectivity index (χ4n) is 1.51. The number of anilines is 1. The van der Waals surface area contributed by atoms with E-state index in [0.717, 1.165) is 16.0 Å². The van der Waals surface area contributed by atoms with Crippen molar-refractivity contribution in [3.8, 4) is 0 Å². The largest absolute Gasteiger partial charge is 0.383 e. The van der Waals surface area contributed by atoms with E-state index in [1.54, 1.807) is 7.11 Å². The second-order valence-electron chi connectivity index (χ2n) is 3.83. The molecule has 90 valence electrons. The summed E-state index contributed by atoms with van der Waals surface area (Å²) in [5, 5.41) is 1.60. The van der Waals surface area contributed by atoms with E-state index in [0.29, 0.717) is 12.6 Å². The predicted octanol–water partition coefficient (Wildman–Crippen LogP) is 3.71. The van der Waals surface area contributed by atoms with Gasteiger partial charge in [-0.2, -0.15) is 0 Å². The van der Waals surface area contributed by atoms with Gasteiger partial charge in [0, 0.05) is 25.5 Å². The van der Waals surface area contributed by atoms with Gasteiger partial charge in [0.05, 0.1) is 17.3 Å². The number of hydrogen-bond donors (Lipinski definition) is 0. The fraction of sp³-hybridized carbons (Fsp3) is 0.500. The van der Waals surface area contributed by atoms with Crippen molar-refractivity contribution in [2.24, 2.45) is 0 Å². The zero-order valence-electron chi connectivity index (χ0n) is 9.84. The Labute approximate surface area is 111 Å². The average molecular weight is 307 g/mol. The summed E-state index contributed by atoms with van der Waals surface area (Å²) in [6.45, 7) is 2.80. The molecule has 0 heterocycles. The lowest BCUT2D eigenvalue weighted by atomic mass is 10.2. The first-order valence-corrected chi connectivity index (χ1v) is 6.66. The number of benzene rings is 1. The summed E-state index contributed by atoms with van der Waals surface area (Å²) in [4.78, 5) is 2.13. The Morgan fingerprint density at radius 1 is 1.50 bits per heavy atom. The molecule has 0 spiro atoms. The van der Waals surface area contributed by atoms with E-state index >= 15 is 0 Å². The van der Waals surface area contributed by atoms with Crippen LogP contribution in [-0.2, 0) is 10.1 Å². The van der Waals surface area contributed by atoms with Crippen LogP contribution < -0.4 is 4.90 Å². The monoisotopic (exact) mass is 305 g/mol. The molecule has 0 saturated heterocycles. The molecule has 2 nitrogen and oxygen atoms in total. The highest BCUT2D eigenvalue weighted by Crippen LogP contribution is 2.28. The van der Waals surface area contributed by atoms with Gasteiger partial charge in [-0.1, -0.05) is 33.6 Å². The summed E-state index contributed by atoms with van der Waals surface area (Å²) in [7, 11) is 3.73. The second-order valence-corrected chi connectivity index (χ2v) is 4.80. The van der Waals surface area contributed by atoms with E-state index in [1.807, 2.05) is 19.2 Å². The number of rotatable bonds is 5. The van der Waals surface area contributed by atoms with Crippen LogP contribution in [0.4, 0.5) is 5.69 Å². The molecule has 0 fully saturated rings. The first kappa shape index (κ1) is 13.8. The molecule has 0 aliphatic heterocycles. The highest BCUT2D eigenvalue weighted by atomic mass is 79.9. The van der Waals surface area contributed by atoms with E-state index in [2.05, 4.69) is 33.8 Å². The highest BCUT2D eigenvalue weighted by Gasteiger charge is 2.12. The first-order chi connectivity index (χ1) is 7.60. The van der Waals surface area contributed by atoms with Crippen LogP contribution in [0.3, 0.4) is 0 Å². The van der Waals surface area contributed by atoms with Crippen LogP contribution in [0.2, 0.25) is 5.02 Å². The van der Waals surface area contributed by atoms with Gasteiger partial charge in [-0.05, 0) is 24.6 Å². The number of alkyl halides is 1. The summed E-state index contributed by atoms with van der Waals surface area (Å²) in [6, 6.07) is 6.41. The van der Waals surface area contributed by atoms with Crippen LogP contribution in [-0.4, -0.2) is 26.8 Å². The van der Waals surface area contributed by atoms with Crippen molar-refractivity contribution in [1.29, 1.82) is 0 Å². The SMILES string of the molecule is COCC(C)N(C)c1ccc(CBr)cc1Cl. The minimum absolute atomic E-state index is 0.303. The van der Waals surface area contributed by atoms with Gasteiger partial charge in [-0.3, -0.25) is 0 Å². The van der Waals surface area contributed by atoms with E-state index in [-0.39, 0.29) is 0 Å². The lowest BCUT2D eigenvalue weighted by Gasteiger charge is -2.27. The van der Waals surface area contributed by atoms with Crippen LogP contribution in [0.25, 0.3) is 0 Å². The normalized spacial score (nSPS) is 12.6. The molecule has 1 aromatic carbocycles. The van der Waals surface area contributed by atoms with Crippen LogP contribution in [0.1, 0.15) is 12.5 Å². The third-order valence-corrected chi connectivity index (χ3v) is 3.57. The molecular formula is C12H17BrClNO. The maximum atomic E-state index is 6.24. The van der Waals surface area contributed by atoms with Crippen LogP contribution in [0.15, 0.2) is 18.2 Å². The minimum Gasteiger partial charge on any atom is -0.383 e. The Balaban J connectivity index is 2.87. The number of nitrogens with zero attached hydrogens (tertiary/aromatic N) is 1. The number of likely N-dealkylation sites (N-methyl/N-ethyl adjacent to an activating group) is 1. The van der Waals surface area contributed by atoms with Gasteiger partial charge in [-0.15, -0.1) is 0 Å². The standard InChI is InChI=1S/C12H17BrClNO/c1-9(8-16-3)15(2)12-5-4-10(7-13)6-11(12)14/h4-6,9H,7-8H2,1-3H3. The molecule has 1 unspecified atom stereocenters. The van der Waals surface area contributed by atoms with E-state index in [4.69, 9.17) is 16.3 Å². The minimum atomic E-state index is 0.303. The molecule has 0 aliphatic carbocycles. The Morgan fingerprint density at radius 2 is 2.19 bits per heavy atom. The van der Waals surface area contributed by atoms with Gasteiger partial charge < -0.3 is 9.64 Å². The van der Waals surface area contributed by atoms with Gasteiger partial charge in [0.15, 0.2) is 0 Å². The van der Waals surface area contributed by atoms with Crippen molar-refractivity contribution in [2.75, 3.05) is 25.7 Å². The summed E-state index contributed by atoms with van der Waals surface area (Å²) < 4.78 is 5.14. The second kappa shape index (κ2) is 6.48. The molecule has 0 aliphatic rings. The predicted molar refractivity (Wildman–Crippen MR) is 73.8 cm³/mol. The molecule has 1 aromatic rings. The van der Waals surface area contributed by atoms with Crippen molar-refractivity contribution in [3.05, 3.63) is 28.8 Å². The third kappa shape index (κ3) is 3.37. The molecule has 0 N–H and O–H groups in total. The smallest absolute Gasteiger partial charge is 0.0663 e. The number of ether oxygens (including phenoxy) is 1. The van der Waals surface area contributed by atoms with Crippen molar-refractivity contribution < 1.29 is 4.74 Å². The first-order valence-electron chi connectivity index (χ1n) is 5.16. The molecule has 4 heteroatoms. The number of hydrogen-bond acceptors (Lipinski definition) is 2. The maximum Gasteiger partial charge on any atom is 0.0663 e. The Bertz CT molecular complexity index is 346. The molecule has 0 aromatic heterocycles. The third-order valence-electron chi connectivity index (χ3n) is 2.62. The van der Waals surface area contributed by atoms with Crippen LogP contribution >= 0.6 is 27.5 Å². The number of methoxy groups -OCH3 is 1. The molecular weight excluding hydrogens is 289 g/mol. The Hall–Kier alpha value is -0.250. The van der Waals surface area contributed by atoms with Crippen molar-refractivity contribution in [3.63, 3.8) is 0 Å². The van der Waals surface area contributed by atoms with E-state index in [1.165, 1.54) is 5.56 Å². The van der Waals surface area contributed by atoms with Gasteiger partial charge in [0.1, 0.15) is 0 Å². The van der Waals surface area contributed by atoms with Crippen molar-refractivity contribution in [1.82, 2.24) is 0 Å². The zero-order chi connectivity index (χ0) is 12.1. The Morgan fingerprint density at radius 3 is 2.69 bits per heavy atom. The number of halogens is 2. The topological polar surface area (TPSA) is 12.5 Å². The lowest BCUT2D eigenvalue weighted by Crippen LogP contribution is -2.32. The maximum absolute atomic E-state index is 6.24. The average Bonchev–Trinajstić information content (AvgIpc) is 2.28. The fourth-order valence-corrected chi connectivity index (χ4v) is 2.20. The molecule has 0 radical (unpaired) electrons. The van der Waals surface area contributed by atoms with E-state index < -0.39 is 0 Å². The molecule has 0 amide bonds. The Kier molecular flexibility index (Phi) is 5.59. The molecule has 1 atom stereocenters. The van der Waals surface area contributed by atoms with Crippen molar-refractivity contribution >= 4 is 33.2 Å². The molecule has 16 heavy (non-hydrogen) atoms.